The predicted molar refractivity (Wildman–Crippen MR) is 182 cm³/mol. The van der Waals surface area contributed by atoms with Gasteiger partial charge in [-0.15, -0.1) is 0 Å². The first-order valence-corrected chi connectivity index (χ1v) is 16.3. The van der Waals surface area contributed by atoms with Crippen LogP contribution in [0.15, 0.2) is 83.2 Å². The van der Waals surface area contributed by atoms with Gasteiger partial charge in [0.1, 0.15) is 11.1 Å². The maximum Gasteiger partial charge on any atom is 0.455 e. The number of hydrogen-bond donors (Lipinski definition) is 2. The molecule has 2 rings (SSSR count). The van der Waals surface area contributed by atoms with Gasteiger partial charge >= 0.3 is 36.2 Å². The van der Waals surface area contributed by atoms with Crippen LogP contribution >= 0.6 is 0 Å². The van der Waals surface area contributed by atoms with Gasteiger partial charge in [0, 0.05) is 24.5 Å². The van der Waals surface area contributed by atoms with Gasteiger partial charge in [0.05, 0.1) is 39.3 Å². The van der Waals surface area contributed by atoms with Crippen LogP contribution in [-0.4, -0.2) is 79.7 Å². The van der Waals surface area contributed by atoms with E-state index in [-0.39, 0.29) is 45.0 Å². The molecule has 13 nitrogen and oxygen atoms in total. The van der Waals surface area contributed by atoms with Crippen molar-refractivity contribution in [3.05, 3.63) is 94.3 Å². The van der Waals surface area contributed by atoms with Crippen LogP contribution in [0.1, 0.15) is 51.7 Å². The fourth-order valence-electron chi connectivity index (χ4n) is 4.20. The van der Waals surface area contributed by atoms with Crippen LogP contribution in [0.3, 0.4) is 0 Å². The topological polar surface area (TPSA) is 195 Å². The van der Waals surface area contributed by atoms with E-state index in [2.05, 4.69) is 20.1 Å². The van der Waals surface area contributed by atoms with Gasteiger partial charge in [-0.1, -0.05) is 60.7 Å². The lowest BCUT2D eigenvalue weighted by molar-refractivity contribution is -0.169. The fourth-order valence-corrected chi connectivity index (χ4v) is 4.20. The molecule has 4 N–H and O–H groups in total. The van der Waals surface area contributed by atoms with Crippen molar-refractivity contribution in [2.24, 2.45) is 0 Å². The summed E-state index contributed by atoms with van der Waals surface area (Å²) in [4.78, 5) is 71.2. The molecule has 0 amide bonds. The number of ether oxygens (including phenoxy) is 4. The minimum absolute atomic E-state index is 0. The molecule has 0 aliphatic heterocycles. The van der Waals surface area contributed by atoms with Crippen molar-refractivity contribution in [2.75, 3.05) is 26.4 Å². The molecule has 0 heterocycles. The maximum absolute atomic E-state index is 13.0. The SMILES string of the molecule is CCOC(=O)CC(NCc1ccccc1)=C(C(=O)OCC)C(=O)C(F)(F)F.CCOC(=O)CC(NCc1ccccc1)=C(C(=O)OCC)C(=O)C(F)(F)F.O. The highest BCUT2D eigenvalue weighted by Gasteiger charge is 2.46. The van der Waals surface area contributed by atoms with Crippen LogP contribution in [-0.2, 0) is 60.8 Å². The van der Waals surface area contributed by atoms with Crippen molar-refractivity contribution in [2.45, 2.75) is 66.0 Å². The second-order valence-electron chi connectivity index (χ2n) is 10.4. The number of benzene rings is 2. The van der Waals surface area contributed by atoms with Crippen molar-refractivity contribution >= 4 is 35.4 Å². The summed E-state index contributed by atoms with van der Waals surface area (Å²) in [6, 6.07) is 17.1. The third-order valence-electron chi connectivity index (χ3n) is 6.48. The maximum atomic E-state index is 13.0. The number of halogens is 6. The highest BCUT2D eigenvalue weighted by molar-refractivity contribution is 6.21. The normalized spacial score (nSPS) is 11.8. The van der Waals surface area contributed by atoms with Gasteiger partial charge in [-0.25, -0.2) is 9.59 Å². The Hall–Kier alpha value is -5.72. The van der Waals surface area contributed by atoms with Gasteiger partial charge in [-0.2, -0.15) is 26.3 Å². The summed E-state index contributed by atoms with van der Waals surface area (Å²) in [5, 5.41) is 5.15. The molecule has 0 spiro atoms. The van der Waals surface area contributed by atoms with E-state index in [1.807, 2.05) is 0 Å². The van der Waals surface area contributed by atoms with Crippen LogP contribution in [0.2, 0.25) is 0 Å². The van der Waals surface area contributed by atoms with E-state index in [0.717, 1.165) is 0 Å². The van der Waals surface area contributed by atoms with Gasteiger partial charge in [0.2, 0.25) is 0 Å². The van der Waals surface area contributed by atoms with Gasteiger partial charge in [-0.3, -0.25) is 19.2 Å². The molecular formula is C36H42F6N2O11. The minimum Gasteiger partial charge on any atom is -0.466 e. The number of alkyl halides is 6. The molecule has 0 aliphatic carbocycles. The molecule has 304 valence electrons. The number of Topliss-reactive ketones (excluding diaryl/α,β-unsaturated/α-hetero) is 2. The number of nitrogens with one attached hydrogen (secondary N) is 2. The molecule has 2 aromatic carbocycles. The van der Waals surface area contributed by atoms with E-state index in [9.17, 15) is 55.1 Å². The fraction of sp³-hybridized carbons (Fsp3) is 0.389. The highest BCUT2D eigenvalue weighted by Crippen LogP contribution is 2.26. The van der Waals surface area contributed by atoms with Crippen molar-refractivity contribution in [3.8, 4) is 0 Å². The monoisotopic (exact) mass is 792 g/mol. The standard InChI is InChI=1S/2C18H20F3NO5.H2O/c2*1-3-26-14(23)10-13(22-11-12-8-6-5-7-9-12)15(17(25)27-4-2)16(24)18(19,20)21;/h2*5-9,22H,3-4,10-11H2,1-2H3;1H2. The Morgan fingerprint density at radius 1 is 0.509 bits per heavy atom. The van der Waals surface area contributed by atoms with Crippen molar-refractivity contribution < 1.29 is 79.5 Å². The molecule has 0 bridgehead atoms. The van der Waals surface area contributed by atoms with Gasteiger partial charge in [-0.05, 0) is 38.8 Å². The number of esters is 4. The average molecular weight is 793 g/mol. The Balaban J connectivity index is 0.00000104. The van der Waals surface area contributed by atoms with Crippen molar-refractivity contribution in [3.63, 3.8) is 0 Å². The zero-order valence-electron chi connectivity index (χ0n) is 30.3. The van der Waals surface area contributed by atoms with E-state index in [1.165, 1.54) is 27.7 Å². The number of carbonyl (C=O) groups excluding carboxylic acids is 6. The molecule has 0 aromatic heterocycles. The van der Waals surface area contributed by atoms with E-state index < -0.39 is 83.2 Å². The third kappa shape index (κ3) is 17.8. The molecule has 19 heteroatoms. The van der Waals surface area contributed by atoms with Crippen LogP contribution < -0.4 is 10.6 Å². The smallest absolute Gasteiger partial charge is 0.455 e. The predicted octanol–water partition coefficient (Wildman–Crippen LogP) is 4.53. The van der Waals surface area contributed by atoms with Crippen LogP contribution in [0.4, 0.5) is 26.3 Å². The number of rotatable bonds is 18. The first kappa shape index (κ1) is 49.3. The summed E-state index contributed by atoms with van der Waals surface area (Å²) in [7, 11) is 0. The van der Waals surface area contributed by atoms with Gasteiger partial charge < -0.3 is 35.1 Å². The third-order valence-corrected chi connectivity index (χ3v) is 6.48. The van der Waals surface area contributed by atoms with Crippen LogP contribution in [0, 0.1) is 0 Å². The van der Waals surface area contributed by atoms with E-state index >= 15 is 0 Å². The van der Waals surface area contributed by atoms with Gasteiger partial charge in [0.15, 0.2) is 0 Å². The number of hydrogen-bond acceptors (Lipinski definition) is 12. The molecule has 0 aliphatic rings. The largest absolute Gasteiger partial charge is 0.466 e. The Morgan fingerprint density at radius 3 is 1.05 bits per heavy atom. The molecule has 0 fully saturated rings. The first-order chi connectivity index (χ1) is 25.4. The second kappa shape index (κ2) is 24.6. The number of ketones is 2. The zero-order chi connectivity index (χ0) is 40.9. The molecule has 55 heavy (non-hydrogen) atoms. The molecule has 0 atom stereocenters. The lowest BCUT2D eigenvalue weighted by Crippen LogP contribution is -2.33. The van der Waals surface area contributed by atoms with Crippen molar-refractivity contribution in [1.29, 1.82) is 0 Å². The van der Waals surface area contributed by atoms with Crippen molar-refractivity contribution in [1.82, 2.24) is 10.6 Å². The molecule has 0 saturated heterocycles. The Kier molecular flexibility index (Phi) is 22.0. The minimum atomic E-state index is -5.31. The quantitative estimate of drug-likeness (QED) is 0.0536. The Bertz CT molecular complexity index is 1520. The average Bonchev–Trinajstić information content (AvgIpc) is 3.10. The summed E-state index contributed by atoms with van der Waals surface area (Å²) in [6.45, 7) is 5.30. The second-order valence-corrected chi connectivity index (χ2v) is 10.4. The van der Waals surface area contributed by atoms with Gasteiger partial charge in [0.25, 0.3) is 11.6 Å². The molecular weight excluding hydrogens is 750 g/mol. The number of carbonyl (C=O) groups is 6. The summed E-state index contributed by atoms with van der Waals surface area (Å²) in [6.07, 6.45) is -12.0. The summed E-state index contributed by atoms with van der Waals surface area (Å²) in [5.41, 5.74) is -2.18. The van der Waals surface area contributed by atoms with Crippen LogP contribution in [0.25, 0.3) is 0 Å². The molecule has 2 aromatic rings. The molecule has 0 unspecified atom stereocenters. The summed E-state index contributed by atoms with van der Waals surface area (Å²) >= 11 is 0. The lowest BCUT2D eigenvalue weighted by atomic mass is 10.1. The van der Waals surface area contributed by atoms with Crippen LogP contribution in [0.5, 0.6) is 0 Å². The highest BCUT2D eigenvalue weighted by atomic mass is 19.4. The Labute approximate surface area is 312 Å². The Morgan fingerprint density at radius 2 is 0.800 bits per heavy atom. The zero-order valence-corrected chi connectivity index (χ0v) is 30.3. The first-order valence-electron chi connectivity index (χ1n) is 16.3. The molecule has 0 saturated carbocycles. The van der Waals surface area contributed by atoms with E-state index in [0.29, 0.717) is 11.1 Å². The lowest BCUT2D eigenvalue weighted by Gasteiger charge is -2.16. The molecule has 0 radical (unpaired) electrons. The summed E-state index contributed by atoms with van der Waals surface area (Å²) < 4.78 is 96.5. The van der Waals surface area contributed by atoms with E-state index in [4.69, 9.17) is 9.47 Å². The summed E-state index contributed by atoms with van der Waals surface area (Å²) in [5.74, 6) is -9.46. The van der Waals surface area contributed by atoms with E-state index in [1.54, 1.807) is 60.7 Å².